The topological polar surface area (TPSA) is 122 Å². The third kappa shape index (κ3) is 5.97. The van der Waals surface area contributed by atoms with E-state index in [1.54, 1.807) is 0 Å². The van der Waals surface area contributed by atoms with E-state index in [0.29, 0.717) is 43.6 Å². The van der Waals surface area contributed by atoms with E-state index >= 15 is 0 Å². The summed E-state index contributed by atoms with van der Waals surface area (Å²) in [6, 6.07) is 0. The van der Waals surface area contributed by atoms with Gasteiger partial charge in [-0.1, -0.05) is 67.9 Å². The lowest BCUT2D eigenvalue weighted by atomic mass is 9.33. The van der Waals surface area contributed by atoms with Crippen molar-refractivity contribution in [3.63, 3.8) is 0 Å². The largest absolute Gasteiger partial charge is 0.481 e. The molecule has 6 fully saturated rings. The van der Waals surface area contributed by atoms with E-state index in [1.165, 1.54) is 5.57 Å². The number of morpholine rings is 1. The lowest BCUT2D eigenvalue weighted by Crippen LogP contribution is -2.66. The van der Waals surface area contributed by atoms with Gasteiger partial charge < -0.3 is 19.9 Å². The molecular formula is C45H70N2O7. The smallest absolute Gasteiger partial charge is 0.309 e. The van der Waals surface area contributed by atoms with Crippen molar-refractivity contribution in [1.82, 2.24) is 10.2 Å². The maximum absolute atomic E-state index is 14.0. The summed E-state index contributed by atoms with van der Waals surface area (Å²) in [5, 5.41) is 12.9. The fraction of sp³-hybridized carbons (Fsp3) is 0.867. The molecule has 0 aromatic rings. The number of allylic oxidation sites excluding steroid dienone is 2. The average Bonchev–Trinajstić information content (AvgIpc) is 3.37. The Bertz CT molecular complexity index is 1580. The second-order valence-electron chi connectivity index (χ2n) is 21.2. The number of carbonyl (C=O) groups excluding carboxylic acids is 3. The number of rotatable bonds is 9. The van der Waals surface area contributed by atoms with Gasteiger partial charge in [-0.2, -0.15) is 0 Å². The summed E-state index contributed by atoms with van der Waals surface area (Å²) in [5.41, 5.74) is 1.39. The molecule has 7 aliphatic rings. The minimum Gasteiger partial charge on any atom is -0.481 e. The number of carbonyl (C=O) groups is 4. The number of carboxylic acids is 1. The molecule has 0 spiro atoms. The lowest BCUT2D eigenvalue weighted by Gasteiger charge is -2.72. The van der Waals surface area contributed by atoms with Gasteiger partial charge >= 0.3 is 11.9 Å². The molecule has 54 heavy (non-hydrogen) atoms. The second kappa shape index (κ2) is 13.7. The van der Waals surface area contributed by atoms with Crippen molar-refractivity contribution in [2.45, 2.75) is 139 Å². The first-order valence-electron chi connectivity index (χ1n) is 21.5. The summed E-state index contributed by atoms with van der Waals surface area (Å²) in [6.45, 7) is 25.2. The van der Waals surface area contributed by atoms with Gasteiger partial charge in [0.15, 0.2) is 5.78 Å². The molecule has 6 aliphatic carbocycles. The third-order valence-electron chi connectivity index (χ3n) is 18.0. The highest BCUT2D eigenvalue weighted by Crippen LogP contribution is 2.77. The zero-order valence-corrected chi connectivity index (χ0v) is 34.9. The van der Waals surface area contributed by atoms with E-state index in [9.17, 15) is 24.3 Å². The molecule has 5 saturated carbocycles. The van der Waals surface area contributed by atoms with Crippen molar-refractivity contribution in [1.29, 1.82) is 0 Å². The standard InChI is InChI=1S/C45H70N2O7/c1-27(2)36-31(48)25-45(26-35(49)46-18-19-47-20-22-53-23-21-47)17-16-43(8)28(37(36)45)10-11-33-42(7)14-13-34(41(5,6)32(42)12-15-44(33,43)9)54-39(52)30-24-29(38(50)51)40(30,3)4/h27-30,32-34H,10-26H2,1-9H3,(H,46,49)(H,50,51)/t28-,29+,30-,32+,33-,34+,42+,43-,44-,45+/m1/s1. The summed E-state index contributed by atoms with van der Waals surface area (Å²) in [7, 11) is 0. The molecule has 0 aromatic heterocycles. The molecule has 0 bridgehead atoms. The van der Waals surface area contributed by atoms with Gasteiger partial charge in [0.1, 0.15) is 6.10 Å². The highest BCUT2D eigenvalue weighted by Gasteiger charge is 2.70. The van der Waals surface area contributed by atoms with Crippen LogP contribution in [0, 0.1) is 68.0 Å². The SMILES string of the molecule is CC(C)C1=C2[C@H]3CC[C@@H]4[C@@]5(C)CC[C@H](OC(=O)[C@H]6C[C@@H](C(=O)O)C6(C)C)C(C)(C)[C@@H]5CC[C@@]4(C)[C@]3(C)CC[C@@]2(CC(=O)NCCN2CCOCC2)CC1=O. The molecule has 1 saturated heterocycles. The van der Waals surface area contributed by atoms with Crippen LogP contribution in [0.4, 0.5) is 0 Å². The van der Waals surface area contributed by atoms with Crippen molar-refractivity contribution in [3.05, 3.63) is 11.1 Å². The molecular weight excluding hydrogens is 681 g/mol. The fourth-order valence-corrected chi connectivity index (χ4v) is 14.6. The van der Waals surface area contributed by atoms with Crippen LogP contribution in [0.15, 0.2) is 11.1 Å². The Morgan fingerprint density at radius 3 is 2.22 bits per heavy atom. The molecule has 10 atom stereocenters. The molecule has 2 N–H and O–H groups in total. The molecule has 1 heterocycles. The normalized spacial score (nSPS) is 42.6. The van der Waals surface area contributed by atoms with Gasteiger partial charge in [-0.05, 0) is 109 Å². The first-order valence-corrected chi connectivity index (χ1v) is 21.5. The van der Waals surface area contributed by atoms with Crippen LogP contribution >= 0.6 is 0 Å². The monoisotopic (exact) mass is 751 g/mol. The fourth-order valence-electron chi connectivity index (χ4n) is 14.6. The summed E-state index contributed by atoms with van der Waals surface area (Å²) < 4.78 is 11.9. The number of aliphatic carboxylic acids is 1. The minimum absolute atomic E-state index is 0.0181. The number of nitrogens with one attached hydrogen (secondary N) is 1. The van der Waals surface area contributed by atoms with Crippen molar-refractivity contribution in [2.75, 3.05) is 39.4 Å². The number of ether oxygens (including phenoxy) is 2. The predicted octanol–water partition coefficient (Wildman–Crippen LogP) is 7.46. The molecule has 0 aromatic carbocycles. The number of esters is 1. The Hall–Kier alpha value is -2.26. The van der Waals surface area contributed by atoms with Crippen LogP contribution in [-0.4, -0.2) is 79.1 Å². The van der Waals surface area contributed by atoms with Gasteiger partial charge in [-0.15, -0.1) is 0 Å². The Morgan fingerprint density at radius 2 is 1.57 bits per heavy atom. The van der Waals surface area contributed by atoms with Crippen LogP contribution < -0.4 is 5.32 Å². The van der Waals surface area contributed by atoms with Gasteiger partial charge in [0.2, 0.25) is 5.91 Å². The summed E-state index contributed by atoms with van der Waals surface area (Å²) >= 11 is 0. The van der Waals surface area contributed by atoms with Crippen LogP contribution in [0.2, 0.25) is 0 Å². The molecule has 0 unspecified atom stereocenters. The van der Waals surface area contributed by atoms with Crippen molar-refractivity contribution in [2.24, 2.45) is 68.0 Å². The number of hydrogen-bond acceptors (Lipinski definition) is 7. The summed E-state index contributed by atoms with van der Waals surface area (Å²) in [6.07, 6.45) is 9.18. The van der Waals surface area contributed by atoms with Gasteiger partial charge in [-0.25, -0.2) is 0 Å². The Kier molecular flexibility index (Phi) is 10.1. The zero-order valence-electron chi connectivity index (χ0n) is 34.9. The highest BCUT2D eigenvalue weighted by molar-refractivity contribution is 6.01. The van der Waals surface area contributed by atoms with Gasteiger partial charge in [0.25, 0.3) is 0 Å². The molecule has 1 aliphatic heterocycles. The molecule has 1 amide bonds. The number of amides is 1. The van der Waals surface area contributed by atoms with Crippen LogP contribution in [-0.2, 0) is 28.7 Å². The Morgan fingerprint density at radius 1 is 0.870 bits per heavy atom. The van der Waals surface area contributed by atoms with Gasteiger partial charge in [-0.3, -0.25) is 24.1 Å². The third-order valence-corrected chi connectivity index (χ3v) is 18.0. The number of carboxylic acid groups (broad SMARTS) is 1. The van der Waals surface area contributed by atoms with Gasteiger partial charge in [0.05, 0.1) is 25.0 Å². The summed E-state index contributed by atoms with van der Waals surface area (Å²) in [4.78, 5) is 55.5. The predicted molar refractivity (Wildman–Crippen MR) is 207 cm³/mol. The second-order valence-corrected chi connectivity index (χ2v) is 21.2. The van der Waals surface area contributed by atoms with Crippen LogP contribution in [0.25, 0.3) is 0 Å². The Balaban J connectivity index is 1.10. The number of nitrogens with zero attached hydrogens (tertiary/aromatic N) is 1. The quantitative estimate of drug-likeness (QED) is 0.233. The number of fused-ring (bicyclic) bond motifs is 7. The van der Waals surface area contributed by atoms with Crippen molar-refractivity contribution < 1.29 is 33.8 Å². The lowest BCUT2D eigenvalue weighted by molar-refractivity contribution is -0.236. The number of Topliss-reactive ketones (excluding diaryl/α,β-unsaturated/α-hetero) is 1. The maximum Gasteiger partial charge on any atom is 0.309 e. The first kappa shape index (κ1) is 40.0. The number of ketones is 1. The van der Waals surface area contributed by atoms with E-state index in [1.807, 2.05) is 13.8 Å². The average molecular weight is 751 g/mol. The molecule has 9 heteroatoms. The first-order chi connectivity index (χ1) is 25.2. The minimum atomic E-state index is -0.827. The van der Waals surface area contributed by atoms with Crippen LogP contribution in [0.3, 0.4) is 0 Å². The molecule has 302 valence electrons. The molecule has 0 radical (unpaired) electrons. The summed E-state index contributed by atoms with van der Waals surface area (Å²) in [5.74, 6) is -0.229. The molecule has 9 nitrogen and oxygen atoms in total. The van der Waals surface area contributed by atoms with Crippen LogP contribution in [0.1, 0.15) is 133 Å². The zero-order chi connectivity index (χ0) is 39.2. The molecule has 7 rings (SSSR count). The van der Waals surface area contributed by atoms with Crippen molar-refractivity contribution in [3.8, 4) is 0 Å². The van der Waals surface area contributed by atoms with E-state index in [2.05, 4.69) is 58.7 Å². The van der Waals surface area contributed by atoms with E-state index in [4.69, 9.17) is 9.47 Å². The van der Waals surface area contributed by atoms with E-state index in [0.717, 1.165) is 89.8 Å². The van der Waals surface area contributed by atoms with E-state index in [-0.39, 0.29) is 62.7 Å². The Labute approximate surface area is 324 Å². The van der Waals surface area contributed by atoms with Gasteiger partial charge in [0, 0.05) is 49.9 Å². The van der Waals surface area contributed by atoms with Crippen LogP contribution in [0.5, 0.6) is 0 Å². The number of hydrogen-bond donors (Lipinski definition) is 2. The van der Waals surface area contributed by atoms with E-state index < -0.39 is 17.3 Å². The maximum atomic E-state index is 14.0. The van der Waals surface area contributed by atoms with Crippen molar-refractivity contribution >= 4 is 23.6 Å². The highest BCUT2D eigenvalue weighted by atomic mass is 16.5.